The van der Waals surface area contributed by atoms with Crippen molar-refractivity contribution in [2.24, 2.45) is 0 Å². The maximum Gasteiger partial charge on any atom is 0.288 e. The highest BCUT2D eigenvalue weighted by atomic mass is 35.5. The third kappa shape index (κ3) is 3.56. The molecule has 0 aliphatic carbocycles. The molecule has 1 N–H and O–H groups in total. The summed E-state index contributed by atoms with van der Waals surface area (Å²) in [6.45, 7) is 2.69. The van der Waals surface area contributed by atoms with Gasteiger partial charge in [0.25, 0.3) is 5.69 Å². The number of thiophene rings is 1. The largest absolute Gasteiger partial charge is 0.305 e. The van der Waals surface area contributed by atoms with Crippen LogP contribution in [-0.2, 0) is 6.54 Å². The Morgan fingerprint density at radius 1 is 1.45 bits per heavy atom. The van der Waals surface area contributed by atoms with Gasteiger partial charge in [-0.3, -0.25) is 10.1 Å². The molecule has 0 aliphatic heterocycles. The summed E-state index contributed by atoms with van der Waals surface area (Å²) in [5, 5.41) is 16.5. The van der Waals surface area contributed by atoms with E-state index in [1.807, 2.05) is 17.5 Å². The highest BCUT2D eigenvalue weighted by Crippen LogP contribution is 2.26. The Morgan fingerprint density at radius 2 is 2.25 bits per heavy atom. The summed E-state index contributed by atoms with van der Waals surface area (Å²) in [6.07, 6.45) is 0.968. The number of hydrogen-bond donors (Lipinski definition) is 1. The fourth-order valence-electron chi connectivity index (χ4n) is 1.98. The van der Waals surface area contributed by atoms with E-state index in [0.29, 0.717) is 6.54 Å². The number of hydrogen-bond acceptors (Lipinski definition) is 4. The van der Waals surface area contributed by atoms with Crippen LogP contribution in [0.4, 0.5) is 5.69 Å². The average Bonchev–Trinajstić information content (AvgIpc) is 2.95. The van der Waals surface area contributed by atoms with Crippen LogP contribution in [0.1, 0.15) is 29.8 Å². The monoisotopic (exact) mass is 310 g/mol. The second-order valence-electron chi connectivity index (χ2n) is 4.40. The summed E-state index contributed by atoms with van der Waals surface area (Å²) in [4.78, 5) is 11.7. The van der Waals surface area contributed by atoms with Crippen LogP contribution in [0.25, 0.3) is 0 Å². The SMILES string of the molecule is CCC(NCc1ccc(Cl)c([N+](=O)[O-])c1)c1cccs1. The molecule has 0 fully saturated rings. The van der Waals surface area contributed by atoms with Gasteiger partial charge in [-0.2, -0.15) is 0 Å². The molecule has 0 amide bonds. The van der Waals surface area contributed by atoms with E-state index in [0.717, 1.165) is 12.0 Å². The second-order valence-corrected chi connectivity index (χ2v) is 5.79. The fraction of sp³-hybridized carbons (Fsp3) is 0.286. The van der Waals surface area contributed by atoms with E-state index >= 15 is 0 Å². The molecule has 0 saturated carbocycles. The van der Waals surface area contributed by atoms with E-state index in [-0.39, 0.29) is 16.8 Å². The van der Waals surface area contributed by atoms with Crippen molar-refractivity contribution in [1.82, 2.24) is 5.32 Å². The van der Waals surface area contributed by atoms with Crippen LogP contribution in [-0.4, -0.2) is 4.92 Å². The summed E-state index contributed by atoms with van der Waals surface area (Å²) >= 11 is 7.51. The first kappa shape index (κ1) is 15.0. The Kier molecular flexibility index (Phi) is 5.11. The molecule has 20 heavy (non-hydrogen) atoms. The predicted molar refractivity (Wildman–Crippen MR) is 82.3 cm³/mol. The lowest BCUT2D eigenvalue weighted by Gasteiger charge is -2.15. The van der Waals surface area contributed by atoms with Crippen molar-refractivity contribution >= 4 is 28.6 Å². The van der Waals surface area contributed by atoms with Crippen LogP contribution in [0, 0.1) is 10.1 Å². The maximum absolute atomic E-state index is 10.9. The minimum atomic E-state index is -0.456. The molecule has 0 aliphatic rings. The van der Waals surface area contributed by atoms with Crippen molar-refractivity contribution in [3.05, 3.63) is 61.3 Å². The molecule has 0 saturated heterocycles. The molecule has 2 rings (SSSR count). The molecule has 1 aromatic heterocycles. The zero-order valence-electron chi connectivity index (χ0n) is 11.0. The first-order valence-corrected chi connectivity index (χ1v) is 7.57. The highest BCUT2D eigenvalue weighted by Gasteiger charge is 2.14. The van der Waals surface area contributed by atoms with Gasteiger partial charge in [0.05, 0.1) is 4.92 Å². The van der Waals surface area contributed by atoms with Gasteiger partial charge in [-0.1, -0.05) is 30.7 Å². The summed E-state index contributed by atoms with van der Waals surface area (Å²) in [5.41, 5.74) is 0.811. The van der Waals surface area contributed by atoms with E-state index < -0.39 is 4.92 Å². The van der Waals surface area contributed by atoms with Crippen LogP contribution < -0.4 is 5.32 Å². The molecule has 1 atom stereocenters. The lowest BCUT2D eigenvalue weighted by atomic mass is 10.1. The smallest absolute Gasteiger partial charge is 0.288 e. The van der Waals surface area contributed by atoms with Crippen LogP contribution in [0.2, 0.25) is 5.02 Å². The van der Waals surface area contributed by atoms with Crippen molar-refractivity contribution < 1.29 is 4.92 Å². The Hall–Kier alpha value is -1.43. The Labute approximate surface area is 126 Å². The normalized spacial score (nSPS) is 12.3. The molecule has 0 radical (unpaired) electrons. The number of nitrogens with one attached hydrogen (secondary N) is 1. The van der Waals surface area contributed by atoms with Crippen molar-refractivity contribution in [1.29, 1.82) is 0 Å². The van der Waals surface area contributed by atoms with Crippen molar-refractivity contribution in [2.45, 2.75) is 25.9 Å². The Morgan fingerprint density at radius 3 is 2.85 bits per heavy atom. The van der Waals surface area contributed by atoms with Crippen molar-refractivity contribution in [3.63, 3.8) is 0 Å². The molecule has 6 heteroatoms. The maximum atomic E-state index is 10.9. The van der Waals surface area contributed by atoms with Crippen LogP contribution in [0.15, 0.2) is 35.7 Å². The number of benzene rings is 1. The third-order valence-electron chi connectivity index (χ3n) is 3.05. The van der Waals surface area contributed by atoms with Crippen LogP contribution in [0.5, 0.6) is 0 Å². The lowest BCUT2D eigenvalue weighted by Crippen LogP contribution is -2.19. The minimum Gasteiger partial charge on any atom is -0.305 e. The number of halogens is 1. The summed E-state index contributed by atoms with van der Waals surface area (Å²) in [5.74, 6) is 0. The molecular formula is C14H15ClN2O2S. The Bertz CT molecular complexity index is 587. The van der Waals surface area contributed by atoms with E-state index in [4.69, 9.17) is 11.6 Å². The van der Waals surface area contributed by atoms with Gasteiger partial charge in [-0.05, 0) is 29.5 Å². The first-order valence-electron chi connectivity index (χ1n) is 6.31. The van der Waals surface area contributed by atoms with Gasteiger partial charge in [-0.15, -0.1) is 11.3 Å². The third-order valence-corrected chi connectivity index (χ3v) is 4.36. The number of nitro benzene ring substituents is 1. The highest BCUT2D eigenvalue weighted by molar-refractivity contribution is 7.10. The minimum absolute atomic E-state index is 0.0462. The van der Waals surface area contributed by atoms with Gasteiger partial charge in [0.15, 0.2) is 0 Å². The molecule has 1 unspecified atom stereocenters. The van der Waals surface area contributed by atoms with E-state index in [1.54, 1.807) is 17.4 Å². The molecule has 0 spiro atoms. The number of nitro groups is 1. The zero-order chi connectivity index (χ0) is 14.5. The average molecular weight is 311 g/mol. The topological polar surface area (TPSA) is 55.2 Å². The number of rotatable bonds is 6. The second kappa shape index (κ2) is 6.83. The van der Waals surface area contributed by atoms with Gasteiger partial charge < -0.3 is 5.32 Å². The first-order chi connectivity index (χ1) is 9.61. The van der Waals surface area contributed by atoms with Gasteiger partial charge in [0, 0.05) is 23.5 Å². The summed E-state index contributed by atoms with van der Waals surface area (Å²) in [7, 11) is 0. The Balaban J connectivity index is 2.07. The van der Waals surface area contributed by atoms with Crippen molar-refractivity contribution in [3.8, 4) is 0 Å². The van der Waals surface area contributed by atoms with Gasteiger partial charge >= 0.3 is 0 Å². The molecule has 1 heterocycles. The van der Waals surface area contributed by atoms with Gasteiger partial charge in [-0.25, -0.2) is 0 Å². The van der Waals surface area contributed by atoms with Crippen molar-refractivity contribution in [2.75, 3.05) is 0 Å². The fourth-order valence-corrected chi connectivity index (χ4v) is 3.06. The molecular weight excluding hydrogens is 296 g/mol. The van der Waals surface area contributed by atoms with Gasteiger partial charge in [0.1, 0.15) is 5.02 Å². The summed E-state index contributed by atoms with van der Waals surface area (Å²) < 4.78 is 0. The van der Waals surface area contributed by atoms with E-state index in [9.17, 15) is 10.1 Å². The zero-order valence-corrected chi connectivity index (χ0v) is 12.6. The van der Waals surface area contributed by atoms with E-state index in [1.165, 1.54) is 10.9 Å². The molecule has 4 nitrogen and oxygen atoms in total. The molecule has 106 valence electrons. The molecule has 1 aromatic carbocycles. The molecule has 0 bridgehead atoms. The summed E-state index contributed by atoms with van der Waals surface area (Å²) in [6, 6.07) is 9.29. The van der Waals surface area contributed by atoms with E-state index in [2.05, 4.69) is 18.3 Å². The molecule has 2 aromatic rings. The number of nitrogens with zero attached hydrogens (tertiary/aromatic N) is 1. The predicted octanol–water partition coefficient (Wildman–Crippen LogP) is 4.55. The standard InChI is InChI=1S/C14H15ClN2O2S/c1-2-12(14-4-3-7-20-14)16-9-10-5-6-11(15)13(8-10)17(18)19/h3-8,12,16H,2,9H2,1H3. The lowest BCUT2D eigenvalue weighted by molar-refractivity contribution is -0.384. The van der Waals surface area contributed by atoms with Crippen LogP contribution >= 0.6 is 22.9 Å². The quantitative estimate of drug-likeness (QED) is 0.629. The van der Waals surface area contributed by atoms with Crippen LogP contribution in [0.3, 0.4) is 0 Å². The van der Waals surface area contributed by atoms with Gasteiger partial charge in [0.2, 0.25) is 0 Å².